The summed E-state index contributed by atoms with van der Waals surface area (Å²) in [5.74, 6) is -0.123. The fourth-order valence-corrected chi connectivity index (χ4v) is 2.03. The number of rotatable bonds is 2. The van der Waals surface area contributed by atoms with E-state index in [-0.39, 0.29) is 17.2 Å². The van der Waals surface area contributed by atoms with E-state index < -0.39 is 0 Å². The molecule has 0 radical (unpaired) electrons. The quantitative estimate of drug-likeness (QED) is 0.781. The Labute approximate surface area is 120 Å². The molecule has 0 saturated carbocycles. The number of nitrogen functional groups attached to an aromatic ring is 1. The van der Waals surface area contributed by atoms with E-state index in [1.54, 1.807) is 36.7 Å². The number of hydrogen-bond donors (Lipinski definition) is 1. The molecule has 0 saturated heterocycles. The summed E-state index contributed by atoms with van der Waals surface area (Å²) < 4.78 is 14.5. The van der Waals surface area contributed by atoms with Crippen molar-refractivity contribution >= 4 is 5.82 Å². The molecule has 0 atom stereocenters. The first-order chi connectivity index (χ1) is 10.2. The van der Waals surface area contributed by atoms with Crippen LogP contribution in [0.3, 0.4) is 0 Å². The number of nitrogens with two attached hydrogens (primary N) is 1. The third kappa shape index (κ3) is 2.21. The predicted octanol–water partition coefficient (Wildman–Crippen LogP) is 2.53. The molecule has 2 heterocycles. The van der Waals surface area contributed by atoms with Crippen LogP contribution in [0.5, 0.6) is 0 Å². The second kappa shape index (κ2) is 5.06. The van der Waals surface area contributed by atoms with Gasteiger partial charge in [0.05, 0.1) is 11.9 Å². The van der Waals surface area contributed by atoms with Crippen LogP contribution in [0.2, 0.25) is 0 Å². The van der Waals surface area contributed by atoms with Crippen LogP contribution in [-0.2, 0) is 0 Å². The van der Waals surface area contributed by atoms with Crippen LogP contribution in [0.15, 0.2) is 48.8 Å². The Morgan fingerprint density at radius 1 is 1.19 bits per heavy atom. The third-order valence-corrected chi connectivity index (χ3v) is 3.04. The number of aromatic nitrogens is 3. The summed E-state index contributed by atoms with van der Waals surface area (Å²) in [5, 5.41) is 13.7. The number of anilines is 1. The largest absolute Gasteiger partial charge is 0.382 e. The fraction of sp³-hybridized carbons (Fsp3) is 0. The Morgan fingerprint density at radius 2 is 1.95 bits per heavy atom. The number of nitriles is 1. The maximum Gasteiger partial charge on any atom is 0.145 e. The predicted molar refractivity (Wildman–Crippen MR) is 75.9 cm³/mol. The number of pyridine rings is 1. The normalized spacial score (nSPS) is 10.3. The van der Waals surface area contributed by atoms with E-state index in [4.69, 9.17) is 5.73 Å². The van der Waals surface area contributed by atoms with Crippen molar-refractivity contribution in [3.63, 3.8) is 0 Å². The first-order valence-corrected chi connectivity index (χ1v) is 6.15. The number of nitrogens with zero attached hydrogens (tertiary/aromatic N) is 4. The SMILES string of the molecule is N#Cc1c(-c2ccc(F)cc2)nn(-c2cccnc2)c1N. The van der Waals surface area contributed by atoms with Crippen molar-refractivity contribution in [1.82, 2.24) is 14.8 Å². The molecule has 0 spiro atoms. The summed E-state index contributed by atoms with van der Waals surface area (Å²) in [6.45, 7) is 0. The second-order valence-electron chi connectivity index (χ2n) is 4.35. The first-order valence-electron chi connectivity index (χ1n) is 6.15. The average Bonchev–Trinajstić information content (AvgIpc) is 2.85. The minimum atomic E-state index is -0.350. The van der Waals surface area contributed by atoms with E-state index in [1.165, 1.54) is 16.8 Å². The Morgan fingerprint density at radius 3 is 2.57 bits per heavy atom. The van der Waals surface area contributed by atoms with Crippen LogP contribution >= 0.6 is 0 Å². The van der Waals surface area contributed by atoms with Gasteiger partial charge in [0, 0.05) is 11.8 Å². The molecule has 6 heteroatoms. The highest BCUT2D eigenvalue weighted by molar-refractivity contribution is 5.73. The monoisotopic (exact) mass is 279 g/mol. The lowest BCUT2D eigenvalue weighted by Crippen LogP contribution is -2.02. The molecule has 21 heavy (non-hydrogen) atoms. The smallest absolute Gasteiger partial charge is 0.145 e. The van der Waals surface area contributed by atoms with Gasteiger partial charge in [-0.2, -0.15) is 10.4 Å². The molecular weight excluding hydrogens is 269 g/mol. The zero-order valence-electron chi connectivity index (χ0n) is 10.9. The van der Waals surface area contributed by atoms with Gasteiger partial charge < -0.3 is 5.73 Å². The molecule has 3 aromatic rings. The van der Waals surface area contributed by atoms with Crippen LogP contribution in [0, 0.1) is 17.1 Å². The second-order valence-corrected chi connectivity index (χ2v) is 4.35. The maximum absolute atomic E-state index is 13.0. The Balaban J connectivity index is 2.19. The fourth-order valence-electron chi connectivity index (χ4n) is 2.03. The molecule has 0 aliphatic carbocycles. The highest BCUT2D eigenvalue weighted by Crippen LogP contribution is 2.28. The average molecular weight is 279 g/mol. The minimum Gasteiger partial charge on any atom is -0.382 e. The molecule has 3 rings (SSSR count). The van der Waals surface area contributed by atoms with Gasteiger partial charge in [-0.05, 0) is 36.4 Å². The standard InChI is InChI=1S/C15H10FN5/c16-11-5-3-10(4-6-11)14-13(8-17)15(18)21(20-14)12-2-1-7-19-9-12/h1-7,9H,18H2. The van der Waals surface area contributed by atoms with Gasteiger partial charge in [-0.15, -0.1) is 0 Å². The molecule has 2 N–H and O–H groups in total. The molecule has 1 aromatic carbocycles. The van der Waals surface area contributed by atoms with Gasteiger partial charge in [0.1, 0.15) is 29.0 Å². The van der Waals surface area contributed by atoms with Crippen molar-refractivity contribution in [2.45, 2.75) is 0 Å². The summed E-state index contributed by atoms with van der Waals surface area (Å²) in [7, 11) is 0. The van der Waals surface area contributed by atoms with E-state index in [1.807, 2.05) is 6.07 Å². The summed E-state index contributed by atoms with van der Waals surface area (Å²) in [6, 6.07) is 11.3. The maximum atomic E-state index is 13.0. The Kier molecular flexibility index (Phi) is 3.09. The molecule has 102 valence electrons. The van der Waals surface area contributed by atoms with Crippen molar-refractivity contribution in [3.05, 3.63) is 60.2 Å². The summed E-state index contributed by atoms with van der Waals surface area (Å²) >= 11 is 0. The lowest BCUT2D eigenvalue weighted by Gasteiger charge is -2.01. The highest BCUT2D eigenvalue weighted by Gasteiger charge is 2.18. The van der Waals surface area contributed by atoms with Crippen molar-refractivity contribution in [1.29, 1.82) is 5.26 Å². The van der Waals surface area contributed by atoms with E-state index in [0.29, 0.717) is 16.9 Å². The summed E-state index contributed by atoms with van der Waals surface area (Å²) in [5.41, 5.74) is 7.94. The van der Waals surface area contributed by atoms with E-state index in [0.717, 1.165) is 0 Å². The first kappa shape index (κ1) is 12.8. The third-order valence-electron chi connectivity index (χ3n) is 3.04. The van der Waals surface area contributed by atoms with Crippen molar-refractivity contribution < 1.29 is 4.39 Å². The molecular formula is C15H10FN5. The van der Waals surface area contributed by atoms with Crippen molar-refractivity contribution in [2.75, 3.05) is 5.73 Å². The van der Waals surface area contributed by atoms with Gasteiger partial charge in [-0.3, -0.25) is 4.98 Å². The van der Waals surface area contributed by atoms with Gasteiger partial charge in [0.15, 0.2) is 0 Å². The minimum absolute atomic E-state index is 0.227. The molecule has 2 aromatic heterocycles. The van der Waals surface area contributed by atoms with Crippen LogP contribution in [0.25, 0.3) is 16.9 Å². The molecule has 0 aliphatic rings. The summed E-state index contributed by atoms with van der Waals surface area (Å²) in [6.07, 6.45) is 3.23. The molecule has 0 amide bonds. The topological polar surface area (TPSA) is 80.5 Å². The molecule has 0 unspecified atom stereocenters. The molecule has 0 bridgehead atoms. The van der Waals surface area contributed by atoms with Gasteiger partial charge in [-0.25, -0.2) is 9.07 Å². The zero-order chi connectivity index (χ0) is 14.8. The van der Waals surface area contributed by atoms with Gasteiger partial charge in [0.25, 0.3) is 0 Å². The van der Waals surface area contributed by atoms with Crippen molar-refractivity contribution in [3.8, 4) is 23.0 Å². The summed E-state index contributed by atoms with van der Waals surface area (Å²) in [4.78, 5) is 4.00. The highest BCUT2D eigenvalue weighted by atomic mass is 19.1. The van der Waals surface area contributed by atoms with Crippen LogP contribution in [0.1, 0.15) is 5.56 Å². The molecule has 0 fully saturated rings. The Hall–Kier alpha value is -3.20. The molecule has 5 nitrogen and oxygen atoms in total. The van der Waals surface area contributed by atoms with Gasteiger partial charge in [0.2, 0.25) is 0 Å². The van der Waals surface area contributed by atoms with Crippen LogP contribution in [-0.4, -0.2) is 14.8 Å². The number of benzene rings is 1. The van der Waals surface area contributed by atoms with E-state index >= 15 is 0 Å². The molecule has 0 aliphatic heterocycles. The van der Waals surface area contributed by atoms with E-state index in [9.17, 15) is 9.65 Å². The Bertz CT molecular complexity index is 816. The van der Waals surface area contributed by atoms with Crippen LogP contribution in [0.4, 0.5) is 10.2 Å². The van der Waals surface area contributed by atoms with Crippen LogP contribution < -0.4 is 5.73 Å². The number of hydrogen-bond acceptors (Lipinski definition) is 4. The van der Waals surface area contributed by atoms with Gasteiger partial charge in [-0.1, -0.05) is 0 Å². The number of halogens is 1. The zero-order valence-corrected chi connectivity index (χ0v) is 10.9. The lowest BCUT2D eigenvalue weighted by atomic mass is 10.1. The van der Waals surface area contributed by atoms with E-state index in [2.05, 4.69) is 10.1 Å². The van der Waals surface area contributed by atoms with Gasteiger partial charge >= 0.3 is 0 Å². The lowest BCUT2D eigenvalue weighted by molar-refractivity contribution is 0.628. The van der Waals surface area contributed by atoms with Crippen molar-refractivity contribution in [2.24, 2.45) is 0 Å².